The summed E-state index contributed by atoms with van der Waals surface area (Å²) in [6, 6.07) is 0. The van der Waals surface area contributed by atoms with E-state index in [2.05, 4.69) is 40.4 Å². The molecule has 0 radical (unpaired) electrons. The molecule has 0 aliphatic carbocycles. The summed E-state index contributed by atoms with van der Waals surface area (Å²) in [5, 5.41) is 10.8. The van der Waals surface area contributed by atoms with Gasteiger partial charge in [0.1, 0.15) is 24.4 Å². The summed E-state index contributed by atoms with van der Waals surface area (Å²) in [5.41, 5.74) is 0.900. The van der Waals surface area contributed by atoms with Crippen LogP contribution in [0.2, 0.25) is 18.1 Å². The van der Waals surface area contributed by atoms with Gasteiger partial charge >= 0.3 is 0 Å². The SMILES string of the molecule is C=C(C)CO[C@@H]1[C@H]2OC(C)(C)O[C@H]2O[C@@H]1[C@H](O)CO[Si](C)(C)C(C)(C)C. The van der Waals surface area contributed by atoms with Crippen LogP contribution in [0.15, 0.2) is 12.2 Å². The van der Waals surface area contributed by atoms with Crippen molar-refractivity contribution < 1.29 is 28.5 Å². The second-order valence-corrected chi connectivity index (χ2v) is 14.2. The van der Waals surface area contributed by atoms with Crippen LogP contribution < -0.4 is 0 Å². The first kappa shape index (κ1) is 22.0. The van der Waals surface area contributed by atoms with Gasteiger partial charge in [-0.3, -0.25) is 0 Å². The largest absolute Gasteiger partial charge is 0.414 e. The molecule has 2 aliphatic heterocycles. The number of aliphatic hydroxyl groups is 1. The van der Waals surface area contributed by atoms with Crippen LogP contribution in [-0.2, 0) is 23.4 Å². The predicted molar refractivity (Wildman–Crippen MR) is 102 cm³/mol. The van der Waals surface area contributed by atoms with Gasteiger partial charge in [-0.1, -0.05) is 32.9 Å². The molecule has 152 valence electrons. The maximum Gasteiger partial charge on any atom is 0.192 e. The van der Waals surface area contributed by atoms with Gasteiger partial charge in [-0.2, -0.15) is 0 Å². The molecule has 0 aromatic heterocycles. The molecule has 0 aromatic carbocycles. The second-order valence-electron chi connectivity index (χ2n) is 9.44. The lowest BCUT2D eigenvalue weighted by Gasteiger charge is -2.37. The minimum Gasteiger partial charge on any atom is -0.414 e. The van der Waals surface area contributed by atoms with Crippen LogP contribution in [0.3, 0.4) is 0 Å². The Morgan fingerprint density at radius 2 is 1.88 bits per heavy atom. The Morgan fingerprint density at radius 3 is 2.42 bits per heavy atom. The van der Waals surface area contributed by atoms with Crippen molar-refractivity contribution in [1.29, 1.82) is 0 Å². The highest BCUT2D eigenvalue weighted by Crippen LogP contribution is 2.41. The van der Waals surface area contributed by atoms with Crippen molar-refractivity contribution in [3.05, 3.63) is 12.2 Å². The summed E-state index contributed by atoms with van der Waals surface area (Å²) in [7, 11) is -1.96. The number of aliphatic hydroxyl groups excluding tert-OH is 1. The molecule has 26 heavy (non-hydrogen) atoms. The van der Waals surface area contributed by atoms with E-state index in [1.54, 1.807) is 0 Å². The van der Waals surface area contributed by atoms with Crippen molar-refractivity contribution in [2.75, 3.05) is 13.2 Å². The molecule has 0 unspecified atom stereocenters. The van der Waals surface area contributed by atoms with Crippen LogP contribution in [0, 0.1) is 0 Å². The van der Waals surface area contributed by atoms with Crippen molar-refractivity contribution in [3.63, 3.8) is 0 Å². The number of fused-ring (bicyclic) bond motifs is 1. The maximum atomic E-state index is 10.8. The van der Waals surface area contributed by atoms with E-state index in [1.165, 1.54) is 0 Å². The Kier molecular flexibility index (Phi) is 6.45. The fourth-order valence-electron chi connectivity index (χ4n) is 2.85. The normalized spacial score (nSPS) is 32.5. The van der Waals surface area contributed by atoms with Crippen LogP contribution in [0.1, 0.15) is 41.5 Å². The fraction of sp³-hybridized carbons (Fsp3) is 0.895. The molecule has 2 heterocycles. The monoisotopic (exact) mass is 388 g/mol. The zero-order valence-corrected chi connectivity index (χ0v) is 18.5. The standard InChI is InChI=1S/C19H36O6Si/c1-12(2)10-21-15-14(23-17-16(15)24-19(6,7)25-17)13(20)11-22-26(8,9)18(3,4)5/h13-17,20H,1,10-11H2,2-9H3/t13-,14-,15+,16-,17-/m1/s1. The zero-order valence-electron chi connectivity index (χ0n) is 17.5. The van der Waals surface area contributed by atoms with E-state index in [1.807, 2.05) is 20.8 Å². The van der Waals surface area contributed by atoms with Crippen LogP contribution in [-0.4, -0.2) is 63.1 Å². The summed E-state index contributed by atoms with van der Waals surface area (Å²) in [5.74, 6) is -0.728. The molecular formula is C19H36O6Si. The molecule has 2 rings (SSSR count). The smallest absolute Gasteiger partial charge is 0.192 e. The quantitative estimate of drug-likeness (QED) is 0.534. The van der Waals surface area contributed by atoms with Crippen LogP contribution in [0.5, 0.6) is 0 Å². The number of rotatable bonds is 7. The van der Waals surface area contributed by atoms with Gasteiger partial charge in [0.15, 0.2) is 20.4 Å². The molecule has 0 amide bonds. The molecule has 5 atom stereocenters. The molecule has 0 saturated carbocycles. The average Bonchev–Trinajstić information content (AvgIpc) is 2.93. The van der Waals surface area contributed by atoms with Crippen molar-refractivity contribution in [2.24, 2.45) is 0 Å². The molecule has 2 saturated heterocycles. The van der Waals surface area contributed by atoms with E-state index in [-0.39, 0.29) is 17.7 Å². The lowest BCUT2D eigenvalue weighted by Crippen LogP contribution is -2.48. The summed E-state index contributed by atoms with van der Waals surface area (Å²) in [6.45, 7) is 20.9. The van der Waals surface area contributed by atoms with Gasteiger partial charge in [0.05, 0.1) is 13.2 Å². The molecule has 0 spiro atoms. The van der Waals surface area contributed by atoms with E-state index in [0.717, 1.165) is 5.57 Å². The van der Waals surface area contributed by atoms with E-state index in [4.69, 9.17) is 23.4 Å². The van der Waals surface area contributed by atoms with E-state index in [9.17, 15) is 5.11 Å². The topological polar surface area (TPSA) is 66.4 Å². The minimum atomic E-state index is -1.96. The molecule has 2 fully saturated rings. The third-order valence-corrected chi connectivity index (χ3v) is 9.85. The summed E-state index contributed by atoms with van der Waals surface area (Å²) >= 11 is 0. The molecule has 6 nitrogen and oxygen atoms in total. The fourth-order valence-corrected chi connectivity index (χ4v) is 3.87. The molecule has 0 aromatic rings. The number of ether oxygens (including phenoxy) is 4. The Balaban J connectivity index is 2.05. The lowest BCUT2D eigenvalue weighted by atomic mass is 10.1. The molecule has 0 bridgehead atoms. The third-order valence-electron chi connectivity index (χ3n) is 5.35. The van der Waals surface area contributed by atoms with Gasteiger partial charge in [0.2, 0.25) is 0 Å². The Morgan fingerprint density at radius 1 is 1.27 bits per heavy atom. The van der Waals surface area contributed by atoms with Gasteiger partial charge in [-0.15, -0.1) is 0 Å². The van der Waals surface area contributed by atoms with Gasteiger partial charge in [0.25, 0.3) is 0 Å². The second kappa shape index (κ2) is 7.62. The lowest BCUT2D eigenvalue weighted by molar-refractivity contribution is -0.230. The van der Waals surface area contributed by atoms with Crippen LogP contribution in [0.25, 0.3) is 0 Å². The average molecular weight is 389 g/mol. The van der Waals surface area contributed by atoms with E-state index in [0.29, 0.717) is 6.61 Å². The third kappa shape index (κ3) is 4.95. The highest BCUT2D eigenvalue weighted by Gasteiger charge is 2.57. The van der Waals surface area contributed by atoms with Gasteiger partial charge in [-0.25, -0.2) is 0 Å². The zero-order chi connectivity index (χ0) is 19.9. The van der Waals surface area contributed by atoms with E-state index >= 15 is 0 Å². The minimum absolute atomic E-state index is 0.0753. The van der Waals surface area contributed by atoms with Gasteiger partial charge in [-0.05, 0) is 38.9 Å². The van der Waals surface area contributed by atoms with E-state index < -0.39 is 38.7 Å². The Labute approximate surface area is 158 Å². The van der Waals surface area contributed by atoms with Crippen molar-refractivity contribution in [2.45, 2.75) is 96.2 Å². The molecule has 2 aliphatic rings. The number of hydrogen-bond donors (Lipinski definition) is 1. The maximum absolute atomic E-state index is 10.8. The summed E-state index contributed by atoms with van der Waals surface area (Å²) in [4.78, 5) is 0. The van der Waals surface area contributed by atoms with Crippen LogP contribution in [0.4, 0.5) is 0 Å². The van der Waals surface area contributed by atoms with Crippen molar-refractivity contribution >= 4 is 8.32 Å². The molecule has 1 N–H and O–H groups in total. The van der Waals surface area contributed by atoms with Crippen molar-refractivity contribution in [3.8, 4) is 0 Å². The first-order valence-corrected chi connectivity index (χ1v) is 12.2. The first-order valence-electron chi connectivity index (χ1n) is 9.33. The summed E-state index contributed by atoms with van der Waals surface area (Å²) < 4.78 is 29.8. The Hall–Kier alpha value is -0.283. The first-order chi connectivity index (χ1) is 11.7. The highest BCUT2D eigenvalue weighted by molar-refractivity contribution is 6.74. The molecule has 7 heteroatoms. The van der Waals surface area contributed by atoms with Crippen molar-refractivity contribution in [1.82, 2.24) is 0 Å². The van der Waals surface area contributed by atoms with Crippen LogP contribution >= 0.6 is 0 Å². The highest BCUT2D eigenvalue weighted by atomic mass is 28.4. The van der Waals surface area contributed by atoms with Gasteiger partial charge < -0.3 is 28.5 Å². The molecular weight excluding hydrogens is 352 g/mol. The van der Waals surface area contributed by atoms with Gasteiger partial charge in [0, 0.05) is 0 Å². The summed E-state index contributed by atoms with van der Waals surface area (Å²) in [6.07, 6.45) is -2.74. The predicted octanol–water partition coefficient (Wildman–Crippen LogP) is 3.21. The Bertz CT molecular complexity index is 513. The number of hydrogen-bond acceptors (Lipinski definition) is 6.